The molecule has 0 radical (unpaired) electrons. The van der Waals surface area contributed by atoms with E-state index in [1.807, 2.05) is 25.1 Å². The van der Waals surface area contributed by atoms with Crippen LogP contribution >= 0.6 is 11.3 Å². The number of nitrogens with zero attached hydrogens (tertiary/aromatic N) is 3. The summed E-state index contributed by atoms with van der Waals surface area (Å²) in [4.78, 5) is 9.41. The molecule has 32 heavy (non-hydrogen) atoms. The fourth-order valence-corrected chi connectivity index (χ4v) is 5.58. The zero-order chi connectivity index (χ0) is 22.2. The number of β-amino-alcohol motifs (C(OH)–C–C–N with tert-alkyl or cyclic N) is 1. The lowest BCUT2D eigenvalue weighted by Gasteiger charge is -2.35. The van der Waals surface area contributed by atoms with Crippen LogP contribution in [-0.4, -0.2) is 84.6 Å². The Morgan fingerprint density at radius 3 is 2.69 bits per heavy atom. The Labute approximate surface area is 196 Å². The Kier molecular flexibility index (Phi) is 9.17. The van der Waals surface area contributed by atoms with Gasteiger partial charge in [-0.15, -0.1) is 11.3 Å². The normalized spacial score (nSPS) is 20.1. The van der Waals surface area contributed by atoms with E-state index in [1.165, 1.54) is 49.6 Å². The van der Waals surface area contributed by atoms with E-state index in [9.17, 15) is 5.11 Å². The van der Waals surface area contributed by atoms with Crippen molar-refractivity contribution >= 4 is 21.6 Å². The SMILES string of the molecule is Cc1nc2cc(OCC(O)CN3CCN(CCCCOC4CCCCC4)CC3)ccc2s1. The third-order valence-corrected chi connectivity index (χ3v) is 7.57. The van der Waals surface area contributed by atoms with Gasteiger partial charge in [-0.1, -0.05) is 19.3 Å². The monoisotopic (exact) mass is 461 g/mol. The molecule has 2 aliphatic rings. The minimum Gasteiger partial charge on any atom is -0.491 e. The van der Waals surface area contributed by atoms with Crippen LogP contribution in [0.3, 0.4) is 0 Å². The predicted molar refractivity (Wildman–Crippen MR) is 131 cm³/mol. The number of benzene rings is 1. The highest BCUT2D eigenvalue weighted by Gasteiger charge is 2.19. The molecule has 1 saturated carbocycles. The number of unbranched alkanes of at least 4 members (excludes halogenated alkanes) is 1. The van der Waals surface area contributed by atoms with Crippen LogP contribution in [0.4, 0.5) is 0 Å². The van der Waals surface area contributed by atoms with Crippen LogP contribution in [0.15, 0.2) is 18.2 Å². The largest absolute Gasteiger partial charge is 0.491 e. The number of aliphatic hydroxyl groups is 1. The van der Waals surface area contributed by atoms with Gasteiger partial charge in [-0.3, -0.25) is 4.90 Å². The van der Waals surface area contributed by atoms with E-state index in [1.54, 1.807) is 11.3 Å². The molecule has 2 aromatic rings. The molecular formula is C25H39N3O3S. The lowest BCUT2D eigenvalue weighted by molar-refractivity contribution is 0.0235. The van der Waals surface area contributed by atoms with Crippen molar-refractivity contribution in [3.63, 3.8) is 0 Å². The molecule has 1 saturated heterocycles. The molecule has 2 heterocycles. The molecule has 0 bridgehead atoms. The second-order valence-corrected chi connectivity index (χ2v) is 10.5. The number of aliphatic hydroxyl groups excluding tert-OH is 1. The van der Waals surface area contributed by atoms with Gasteiger partial charge in [0.1, 0.15) is 18.5 Å². The number of piperazine rings is 1. The van der Waals surface area contributed by atoms with Crippen LogP contribution < -0.4 is 4.74 Å². The molecular weight excluding hydrogens is 422 g/mol. The number of rotatable bonds is 11. The third kappa shape index (κ3) is 7.39. The van der Waals surface area contributed by atoms with Gasteiger partial charge < -0.3 is 19.5 Å². The van der Waals surface area contributed by atoms with Gasteiger partial charge in [0.2, 0.25) is 0 Å². The summed E-state index contributed by atoms with van der Waals surface area (Å²) in [5, 5.41) is 11.5. The first-order valence-corrected chi connectivity index (χ1v) is 13.2. The number of aromatic nitrogens is 1. The first-order chi connectivity index (χ1) is 15.7. The number of thiazole rings is 1. The van der Waals surface area contributed by atoms with Crippen LogP contribution in [0, 0.1) is 6.92 Å². The van der Waals surface area contributed by atoms with Gasteiger partial charge >= 0.3 is 0 Å². The Hall–Kier alpha value is -1.25. The zero-order valence-corrected chi connectivity index (χ0v) is 20.3. The molecule has 2 fully saturated rings. The van der Waals surface area contributed by atoms with Gasteiger partial charge in [0.25, 0.3) is 0 Å². The van der Waals surface area contributed by atoms with Crippen LogP contribution in [-0.2, 0) is 4.74 Å². The smallest absolute Gasteiger partial charge is 0.121 e. The number of hydrogen-bond donors (Lipinski definition) is 1. The molecule has 1 aliphatic carbocycles. The van der Waals surface area contributed by atoms with E-state index in [0.717, 1.165) is 55.6 Å². The van der Waals surface area contributed by atoms with Crippen molar-refractivity contribution in [2.75, 3.05) is 52.5 Å². The average molecular weight is 462 g/mol. The van der Waals surface area contributed by atoms with Crippen molar-refractivity contribution in [2.24, 2.45) is 0 Å². The van der Waals surface area contributed by atoms with E-state index < -0.39 is 6.10 Å². The summed E-state index contributed by atoms with van der Waals surface area (Å²) in [5.41, 5.74) is 0.969. The second-order valence-electron chi connectivity index (χ2n) is 9.31. The molecule has 4 rings (SSSR count). The van der Waals surface area contributed by atoms with E-state index in [2.05, 4.69) is 14.8 Å². The minimum absolute atomic E-state index is 0.315. The summed E-state index contributed by atoms with van der Waals surface area (Å²) < 4.78 is 13.0. The fourth-order valence-electron chi connectivity index (χ4n) is 4.77. The second kappa shape index (κ2) is 12.3. The molecule has 7 heteroatoms. The standard InChI is InChI=1S/C25H39N3O3S/c1-20-26-24-17-23(9-10-25(24)32-20)31-19-21(29)18-28-14-12-27(13-15-28)11-5-6-16-30-22-7-3-2-4-8-22/h9-10,17,21-22,29H,2-8,11-16,18-19H2,1H3. The average Bonchev–Trinajstić information content (AvgIpc) is 3.18. The maximum absolute atomic E-state index is 10.4. The van der Waals surface area contributed by atoms with Crippen LogP contribution in [0.5, 0.6) is 5.75 Å². The summed E-state index contributed by atoms with van der Waals surface area (Å²) in [6, 6.07) is 5.97. The Morgan fingerprint density at radius 1 is 1.09 bits per heavy atom. The van der Waals surface area contributed by atoms with E-state index >= 15 is 0 Å². The van der Waals surface area contributed by atoms with Crippen LogP contribution in [0.1, 0.15) is 50.0 Å². The molecule has 1 aromatic carbocycles. The van der Waals surface area contributed by atoms with Gasteiger partial charge in [-0.2, -0.15) is 0 Å². The lowest BCUT2D eigenvalue weighted by atomic mass is 9.98. The summed E-state index contributed by atoms with van der Waals surface area (Å²) in [5.74, 6) is 0.777. The van der Waals surface area contributed by atoms with Gasteiger partial charge in [0, 0.05) is 45.4 Å². The van der Waals surface area contributed by atoms with E-state index in [-0.39, 0.29) is 0 Å². The van der Waals surface area contributed by atoms with Crippen molar-refractivity contribution in [3.05, 3.63) is 23.2 Å². The first-order valence-electron chi connectivity index (χ1n) is 12.4. The topological polar surface area (TPSA) is 58.1 Å². The highest BCUT2D eigenvalue weighted by atomic mass is 32.1. The lowest BCUT2D eigenvalue weighted by Crippen LogP contribution is -2.49. The Bertz CT molecular complexity index is 816. The minimum atomic E-state index is -0.480. The first kappa shape index (κ1) is 23.9. The van der Waals surface area contributed by atoms with Crippen LogP contribution in [0.2, 0.25) is 0 Å². The van der Waals surface area contributed by atoms with Gasteiger partial charge in [-0.05, 0) is 51.3 Å². The number of hydrogen-bond acceptors (Lipinski definition) is 7. The third-order valence-electron chi connectivity index (χ3n) is 6.62. The molecule has 0 amide bonds. The molecule has 0 spiro atoms. The predicted octanol–water partition coefficient (Wildman–Crippen LogP) is 4.09. The highest BCUT2D eigenvalue weighted by molar-refractivity contribution is 7.18. The summed E-state index contributed by atoms with van der Waals surface area (Å²) in [7, 11) is 0. The van der Waals surface area contributed by atoms with Crippen molar-refractivity contribution < 1.29 is 14.6 Å². The van der Waals surface area contributed by atoms with E-state index in [0.29, 0.717) is 19.3 Å². The van der Waals surface area contributed by atoms with Gasteiger partial charge in [0.05, 0.1) is 21.3 Å². The Balaban J connectivity index is 1.06. The molecule has 178 valence electrons. The van der Waals surface area contributed by atoms with Crippen molar-refractivity contribution in [1.82, 2.24) is 14.8 Å². The zero-order valence-electron chi connectivity index (χ0n) is 19.5. The molecule has 1 atom stereocenters. The van der Waals surface area contributed by atoms with Crippen molar-refractivity contribution in [1.29, 1.82) is 0 Å². The molecule has 1 aromatic heterocycles. The number of aryl methyl sites for hydroxylation is 1. The van der Waals surface area contributed by atoms with E-state index in [4.69, 9.17) is 9.47 Å². The maximum atomic E-state index is 10.4. The Morgan fingerprint density at radius 2 is 1.88 bits per heavy atom. The number of fused-ring (bicyclic) bond motifs is 1. The molecule has 1 aliphatic heterocycles. The molecule has 6 nitrogen and oxygen atoms in total. The number of ether oxygens (including phenoxy) is 2. The summed E-state index contributed by atoms with van der Waals surface area (Å²) >= 11 is 1.69. The summed E-state index contributed by atoms with van der Waals surface area (Å²) in [6.07, 6.45) is 9.03. The fraction of sp³-hybridized carbons (Fsp3) is 0.720. The maximum Gasteiger partial charge on any atom is 0.121 e. The van der Waals surface area contributed by atoms with Gasteiger partial charge in [-0.25, -0.2) is 4.98 Å². The van der Waals surface area contributed by atoms with Crippen LogP contribution in [0.25, 0.3) is 10.2 Å². The van der Waals surface area contributed by atoms with Crippen molar-refractivity contribution in [3.8, 4) is 5.75 Å². The summed E-state index contributed by atoms with van der Waals surface area (Å²) in [6.45, 7) is 9.27. The molecule has 1 unspecified atom stereocenters. The quantitative estimate of drug-likeness (QED) is 0.509. The van der Waals surface area contributed by atoms with Gasteiger partial charge in [0.15, 0.2) is 0 Å². The van der Waals surface area contributed by atoms with Crippen molar-refractivity contribution in [2.45, 2.75) is 64.1 Å². The highest BCUT2D eigenvalue weighted by Crippen LogP contribution is 2.25. The molecule has 1 N–H and O–H groups in total.